The first-order valence-electron chi connectivity index (χ1n) is 18.6. The van der Waals surface area contributed by atoms with Crippen LogP contribution in [0, 0.1) is 11.8 Å². The number of piperidine rings is 2. The van der Waals surface area contributed by atoms with E-state index in [1.165, 1.54) is 0 Å². The Kier molecular flexibility index (Phi) is 5.40. The second-order valence-electron chi connectivity index (χ2n) is 17.7. The maximum Gasteiger partial charge on any atom is 0.166 e. The number of aromatic amines is 1. The van der Waals surface area contributed by atoms with Crippen LogP contribution >= 0.6 is 0 Å². The van der Waals surface area contributed by atoms with Crippen molar-refractivity contribution in [1.82, 2.24) is 14.8 Å². The predicted molar refractivity (Wildman–Crippen MR) is 181 cm³/mol. The summed E-state index contributed by atoms with van der Waals surface area (Å²) in [5.74, 6) is 2.20. The normalized spacial score (nSPS) is 38.5. The standard InChI is InChI=1S/C40H47N3O6/c1-19(2)17-42-11-9-37-29-21-5-7-25(44)33(29)48-35(37)31-23(15-39(37,46)27(42)13-21)24-16-40(47)28-14-22-6-8-26(45)34-30(22)38(40,36(49-34)32(24)41-31)10-12-43(28)18-20(3)4/h5-8,19-20,27-28,35-36,41,44-47H,9-18H2,1-4H3/t27-,28-,35+,36+,37+,38+,39-,40-/m1/s1. The lowest BCUT2D eigenvalue weighted by Crippen LogP contribution is -2.75. The number of ether oxygens (including phenoxy) is 2. The van der Waals surface area contributed by atoms with Crippen molar-refractivity contribution in [1.29, 1.82) is 0 Å². The van der Waals surface area contributed by atoms with Gasteiger partial charge in [0, 0.05) is 49.1 Å². The van der Waals surface area contributed by atoms with E-state index in [0.717, 1.165) is 83.8 Å². The number of fused-ring (bicyclic) bond motifs is 5. The Bertz CT molecular complexity index is 1850. The van der Waals surface area contributed by atoms with E-state index < -0.39 is 34.2 Å². The number of rotatable bonds is 4. The van der Waals surface area contributed by atoms with E-state index in [1.54, 1.807) is 12.1 Å². The van der Waals surface area contributed by atoms with Gasteiger partial charge in [-0.1, -0.05) is 39.8 Å². The maximum atomic E-state index is 13.5. The van der Waals surface area contributed by atoms with Gasteiger partial charge < -0.3 is 34.9 Å². The third-order valence-corrected chi connectivity index (χ3v) is 14.5. The molecule has 1 aromatic heterocycles. The molecule has 8 aliphatic rings. The lowest BCUT2D eigenvalue weighted by molar-refractivity contribution is -0.177. The average Bonchev–Trinajstić information content (AvgIpc) is 3.69. The zero-order chi connectivity index (χ0) is 33.6. The molecule has 4 aliphatic carbocycles. The Balaban J connectivity index is 1.14. The predicted octanol–water partition coefficient (Wildman–Crippen LogP) is 4.32. The minimum Gasteiger partial charge on any atom is -0.504 e. The van der Waals surface area contributed by atoms with Crippen LogP contribution in [0.3, 0.4) is 0 Å². The molecule has 2 saturated heterocycles. The highest BCUT2D eigenvalue weighted by atomic mass is 16.5. The molecule has 5 heterocycles. The molecule has 9 heteroatoms. The molecule has 4 bridgehead atoms. The van der Waals surface area contributed by atoms with Crippen LogP contribution in [-0.2, 0) is 36.5 Å². The fourth-order valence-electron chi connectivity index (χ4n) is 13.0. The van der Waals surface area contributed by atoms with Gasteiger partial charge in [-0.15, -0.1) is 0 Å². The molecule has 11 rings (SSSR count). The van der Waals surface area contributed by atoms with Crippen LogP contribution in [0.15, 0.2) is 24.3 Å². The summed E-state index contributed by atoms with van der Waals surface area (Å²) in [5.41, 5.74) is 4.61. The molecule has 2 aromatic carbocycles. The van der Waals surface area contributed by atoms with Crippen molar-refractivity contribution in [3.8, 4) is 23.0 Å². The summed E-state index contributed by atoms with van der Waals surface area (Å²) in [5, 5.41) is 49.3. The quantitative estimate of drug-likeness (QED) is 0.280. The van der Waals surface area contributed by atoms with Crippen molar-refractivity contribution in [3.63, 3.8) is 0 Å². The number of benzene rings is 2. The summed E-state index contributed by atoms with van der Waals surface area (Å²) in [6.07, 6.45) is 2.75. The summed E-state index contributed by atoms with van der Waals surface area (Å²) in [4.78, 5) is 8.90. The topological polar surface area (TPSA) is 122 Å². The zero-order valence-corrected chi connectivity index (χ0v) is 28.8. The minimum atomic E-state index is -1.13. The Labute approximate surface area is 286 Å². The van der Waals surface area contributed by atoms with Gasteiger partial charge in [-0.05, 0) is 85.0 Å². The molecule has 4 aliphatic heterocycles. The molecule has 0 unspecified atom stereocenters. The van der Waals surface area contributed by atoms with Gasteiger partial charge in [-0.25, -0.2) is 0 Å². The van der Waals surface area contributed by atoms with Gasteiger partial charge in [0.25, 0.3) is 0 Å². The molecule has 8 atom stereocenters. The fourth-order valence-corrected chi connectivity index (χ4v) is 13.0. The van der Waals surface area contributed by atoms with E-state index >= 15 is 0 Å². The number of nitrogens with one attached hydrogen (secondary N) is 1. The number of phenols is 2. The number of hydrogen-bond acceptors (Lipinski definition) is 8. The van der Waals surface area contributed by atoms with E-state index in [-0.39, 0.29) is 23.6 Å². The van der Waals surface area contributed by atoms with Crippen molar-refractivity contribution >= 4 is 0 Å². The maximum absolute atomic E-state index is 13.5. The van der Waals surface area contributed by atoms with Gasteiger partial charge >= 0.3 is 0 Å². The summed E-state index contributed by atoms with van der Waals surface area (Å²) in [6.45, 7) is 12.5. The number of nitrogens with zero attached hydrogens (tertiary/aromatic N) is 2. The molecule has 9 nitrogen and oxygen atoms in total. The summed E-state index contributed by atoms with van der Waals surface area (Å²) >= 11 is 0. The largest absolute Gasteiger partial charge is 0.504 e. The first-order chi connectivity index (χ1) is 23.4. The molecule has 5 N–H and O–H groups in total. The van der Waals surface area contributed by atoms with Crippen molar-refractivity contribution in [2.75, 3.05) is 26.2 Å². The van der Waals surface area contributed by atoms with Gasteiger partial charge in [0.05, 0.1) is 33.4 Å². The molecular weight excluding hydrogens is 618 g/mol. The Hall–Kier alpha value is -3.24. The molecule has 3 aromatic rings. The van der Waals surface area contributed by atoms with Gasteiger partial charge in [0.1, 0.15) is 0 Å². The van der Waals surface area contributed by atoms with Gasteiger partial charge in [0.15, 0.2) is 35.2 Å². The van der Waals surface area contributed by atoms with Crippen molar-refractivity contribution < 1.29 is 29.9 Å². The molecule has 0 radical (unpaired) electrons. The third kappa shape index (κ3) is 3.09. The summed E-state index contributed by atoms with van der Waals surface area (Å²) < 4.78 is 13.8. The van der Waals surface area contributed by atoms with Gasteiger partial charge in [-0.2, -0.15) is 0 Å². The highest BCUT2D eigenvalue weighted by molar-refractivity contribution is 5.68. The van der Waals surface area contributed by atoms with Crippen molar-refractivity contribution in [3.05, 3.63) is 69.0 Å². The van der Waals surface area contributed by atoms with Crippen LogP contribution in [0.25, 0.3) is 0 Å². The van der Waals surface area contributed by atoms with E-state index in [4.69, 9.17) is 9.47 Å². The molecule has 2 spiro atoms. The minimum absolute atomic E-state index is 0.100. The van der Waals surface area contributed by atoms with Crippen LogP contribution in [0.1, 0.15) is 97.5 Å². The number of H-pyrrole nitrogens is 1. The molecule has 2 fully saturated rings. The second-order valence-corrected chi connectivity index (χ2v) is 17.7. The fraction of sp³-hybridized carbons (Fsp3) is 0.600. The summed E-state index contributed by atoms with van der Waals surface area (Å²) in [6, 6.07) is 7.39. The average molecular weight is 666 g/mol. The number of phenolic OH excluding ortho intramolecular Hbond substituents is 2. The second kappa shape index (κ2) is 8.97. The smallest absolute Gasteiger partial charge is 0.166 e. The third-order valence-electron chi connectivity index (χ3n) is 14.5. The van der Waals surface area contributed by atoms with Crippen LogP contribution in [0.2, 0.25) is 0 Å². The van der Waals surface area contributed by atoms with E-state index in [9.17, 15) is 20.4 Å². The number of hydrogen-bond donors (Lipinski definition) is 5. The Morgan fingerprint density at radius 1 is 0.714 bits per heavy atom. The monoisotopic (exact) mass is 665 g/mol. The molecular formula is C40H47N3O6. The molecule has 258 valence electrons. The molecule has 49 heavy (non-hydrogen) atoms. The highest BCUT2D eigenvalue weighted by Gasteiger charge is 2.76. The first kappa shape index (κ1) is 29.5. The SMILES string of the molecule is CC(C)CN1CC[C@]23c4c5ccc(O)c4O[C@H]2c2[nH]c4c(c2C[C@@]3(O)[C@H]1C5)C[C@@]1(O)[C@H]2Cc3ccc(O)c5c3[C@@]1(CCN2CC(C)C)[C@H]4O5. The highest BCUT2D eigenvalue weighted by Crippen LogP contribution is 2.72. The van der Waals surface area contributed by atoms with Gasteiger partial charge in [-0.3, -0.25) is 9.80 Å². The van der Waals surface area contributed by atoms with Crippen LogP contribution in [0.5, 0.6) is 23.0 Å². The van der Waals surface area contributed by atoms with E-state index in [0.29, 0.717) is 49.0 Å². The number of likely N-dealkylation sites (tertiary alicyclic amines) is 2. The van der Waals surface area contributed by atoms with Crippen molar-refractivity contribution in [2.24, 2.45) is 11.8 Å². The van der Waals surface area contributed by atoms with Crippen LogP contribution in [-0.4, -0.2) is 84.7 Å². The Morgan fingerprint density at radius 2 is 1.14 bits per heavy atom. The molecule has 0 amide bonds. The summed E-state index contributed by atoms with van der Waals surface area (Å²) in [7, 11) is 0. The van der Waals surface area contributed by atoms with E-state index in [1.807, 2.05) is 12.1 Å². The first-order valence-corrected chi connectivity index (χ1v) is 18.6. The van der Waals surface area contributed by atoms with Crippen LogP contribution < -0.4 is 9.47 Å². The lowest BCUT2D eigenvalue weighted by Gasteiger charge is -2.63. The van der Waals surface area contributed by atoms with Crippen molar-refractivity contribution in [2.45, 2.75) is 113 Å². The van der Waals surface area contributed by atoms with Gasteiger partial charge in [0.2, 0.25) is 0 Å². The number of aromatic hydroxyl groups is 2. The number of aliphatic hydroxyl groups is 2. The van der Waals surface area contributed by atoms with E-state index in [2.05, 4.69) is 42.5 Å². The van der Waals surface area contributed by atoms with Crippen LogP contribution in [0.4, 0.5) is 0 Å². The Morgan fingerprint density at radius 3 is 1.55 bits per heavy atom. The zero-order valence-electron chi connectivity index (χ0n) is 28.8. The number of aromatic nitrogens is 1. The molecule has 0 saturated carbocycles. The lowest BCUT2D eigenvalue weighted by atomic mass is 9.47.